The van der Waals surface area contributed by atoms with Gasteiger partial charge >= 0.3 is 6.18 Å². The third kappa shape index (κ3) is 5.09. The summed E-state index contributed by atoms with van der Waals surface area (Å²) in [6, 6.07) is -0.417. The number of rotatable bonds is 7. The van der Waals surface area contributed by atoms with Gasteiger partial charge in [-0.05, 0) is 37.9 Å². The van der Waals surface area contributed by atoms with Crippen LogP contribution in [-0.4, -0.2) is 24.1 Å². The van der Waals surface area contributed by atoms with Gasteiger partial charge in [0, 0.05) is 12.3 Å². The average Bonchev–Trinajstić information content (AvgIpc) is 2.42. The van der Waals surface area contributed by atoms with Gasteiger partial charge in [0.15, 0.2) is 0 Å². The summed E-state index contributed by atoms with van der Waals surface area (Å²) in [5.41, 5.74) is 3.44. The van der Waals surface area contributed by atoms with E-state index in [0.29, 0.717) is 12.6 Å². The van der Waals surface area contributed by atoms with Crippen LogP contribution in [0.3, 0.4) is 0 Å². The normalized spacial score (nSPS) is 13.3. The zero-order valence-electron chi connectivity index (χ0n) is 13.4. The summed E-state index contributed by atoms with van der Waals surface area (Å²) in [6.07, 6.45) is -3.15. The average molecular weight is 333 g/mol. The van der Waals surface area contributed by atoms with Crippen LogP contribution in [0.4, 0.5) is 13.2 Å². The molecule has 1 atom stereocenters. The molecule has 23 heavy (non-hydrogen) atoms. The maximum Gasteiger partial charge on any atom is 0.416 e. The fourth-order valence-electron chi connectivity index (χ4n) is 2.37. The van der Waals surface area contributed by atoms with Gasteiger partial charge in [0.1, 0.15) is 6.04 Å². The van der Waals surface area contributed by atoms with Crippen molar-refractivity contribution in [3.8, 4) is 0 Å². The topological polar surface area (TPSA) is 77.1 Å². The summed E-state index contributed by atoms with van der Waals surface area (Å²) in [4.78, 5) is 23.7. The van der Waals surface area contributed by atoms with E-state index in [9.17, 15) is 22.8 Å². The first-order chi connectivity index (χ1) is 10.6. The Morgan fingerprint density at radius 1 is 1.39 bits per heavy atom. The van der Waals surface area contributed by atoms with Crippen LogP contribution >= 0.6 is 0 Å². The van der Waals surface area contributed by atoms with Gasteiger partial charge in [-0.3, -0.25) is 9.59 Å². The highest BCUT2D eigenvalue weighted by Gasteiger charge is 2.35. The van der Waals surface area contributed by atoms with Crippen molar-refractivity contribution < 1.29 is 18.0 Å². The van der Waals surface area contributed by atoms with Crippen molar-refractivity contribution in [1.82, 2.24) is 9.88 Å². The molecular weight excluding hydrogens is 311 g/mol. The van der Waals surface area contributed by atoms with Crippen LogP contribution in [0.25, 0.3) is 0 Å². The zero-order chi connectivity index (χ0) is 17.8. The first kappa shape index (κ1) is 19.2. The van der Waals surface area contributed by atoms with E-state index in [1.165, 1.54) is 0 Å². The number of carbonyl (C=O) groups excluding carboxylic acids is 1. The van der Waals surface area contributed by atoms with Crippen LogP contribution in [0.1, 0.15) is 37.4 Å². The molecular formula is C15H22F3N3O2. The molecule has 0 saturated carbocycles. The molecule has 0 spiro atoms. The number of amides is 1. The second-order valence-corrected chi connectivity index (χ2v) is 5.86. The number of likely N-dealkylation sites (N-methyl/N-ethyl adjacent to an activating group) is 1. The Labute approximate surface area is 132 Å². The number of hydrogen-bond acceptors (Lipinski definition) is 3. The highest BCUT2D eigenvalue weighted by molar-refractivity contribution is 5.78. The highest BCUT2D eigenvalue weighted by atomic mass is 19.4. The lowest BCUT2D eigenvalue weighted by Crippen LogP contribution is -2.35. The molecule has 1 aromatic heterocycles. The standard InChI is InChI=1S/C15H22F3N3O2/c1-9(2)6-12(14(19)23)21-8-10(4-5-20-3)11(7-13(21)22)15(16,17)18/h7-9,12,20H,4-6H2,1-3H3,(H2,19,23). The van der Waals surface area contributed by atoms with E-state index in [0.717, 1.165) is 10.8 Å². The quantitative estimate of drug-likeness (QED) is 0.797. The Balaban J connectivity index is 3.43. The van der Waals surface area contributed by atoms with Crippen molar-refractivity contribution in [2.24, 2.45) is 11.7 Å². The number of hydrogen-bond donors (Lipinski definition) is 2. The van der Waals surface area contributed by atoms with Crippen molar-refractivity contribution in [2.45, 2.75) is 38.9 Å². The van der Waals surface area contributed by atoms with Gasteiger partial charge < -0.3 is 15.6 Å². The Hall–Kier alpha value is -1.83. The lowest BCUT2D eigenvalue weighted by atomic mass is 10.0. The van der Waals surface area contributed by atoms with Gasteiger partial charge in [-0.25, -0.2) is 0 Å². The van der Waals surface area contributed by atoms with E-state index >= 15 is 0 Å². The lowest BCUT2D eigenvalue weighted by molar-refractivity contribution is -0.138. The van der Waals surface area contributed by atoms with Crippen LogP contribution in [0, 0.1) is 5.92 Å². The molecule has 1 aromatic rings. The van der Waals surface area contributed by atoms with Gasteiger partial charge in [-0.1, -0.05) is 13.8 Å². The van der Waals surface area contributed by atoms with E-state index in [4.69, 9.17) is 5.73 Å². The fourth-order valence-corrected chi connectivity index (χ4v) is 2.37. The van der Waals surface area contributed by atoms with E-state index in [1.54, 1.807) is 7.05 Å². The van der Waals surface area contributed by atoms with Gasteiger partial charge in [0.2, 0.25) is 5.91 Å². The molecule has 0 radical (unpaired) electrons. The molecule has 8 heteroatoms. The number of pyridine rings is 1. The number of carbonyl (C=O) groups is 1. The van der Waals surface area contributed by atoms with E-state index < -0.39 is 29.2 Å². The monoisotopic (exact) mass is 333 g/mol. The van der Waals surface area contributed by atoms with E-state index in [-0.39, 0.29) is 24.3 Å². The molecule has 1 unspecified atom stereocenters. The lowest BCUT2D eigenvalue weighted by Gasteiger charge is -2.21. The number of nitrogens with zero attached hydrogens (tertiary/aromatic N) is 1. The maximum atomic E-state index is 13.1. The summed E-state index contributed by atoms with van der Waals surface area (Å²) in [6.45, 7) is 3.99. The molecule has 0 saturated heterocycles. The Morgan fingerprint density at radius 3 is 2.43 bits per heavy atom. The Bertz CT molecular complexity index is 609. The van der Waals surface area contributed by atoms with Crippen molar-refractivity contribution >= 4 is 5.91 Å². The van der Waals surface area contributed by atoms with Gasteiger partial charge in [-0.2, -0.15) is 13.2 Å². The summed E-state index contributed by atoms with van der Waals surface area (Å²) >= 11 is 0. The van der Waals surface area contributed by atoms with Gasteiger partial charge in [-0.15, -0.1) is 0 Å². The minimum Gasteiger partial charge on any atom is -0.368 e. The molecule has 0 aliphatic carbocycles. The largest absolute Gasteiger partial charge is 0.416 e. The summed E-state index contributed by atoms with van der Waals surface area (Å²) in [5, 5.41) is 2.77. The molecule has 5 nitrogen and oxygen atoms in total. The van der Waals surface area contributed by atoms with E-state index in [2.05, 4.69) is 5.32 Å². The minimum absolute atomic E-state index is 0.0403. The van der Waals surface area contributed by atoms with Crippen molar-refractivity contribution in [1.29, 1.82) is 0 Å². The van der Waals surface area contributed by atoms with Gasteiger partial charge in [0.05, 0.1) is 5.56 Å². The molecule has 0 bridgehead atoms. The second kappa shape index (κ2) is 7.63. The van der Waals surface area contributed by atoms with Crippen LogP contribution in [-0.2, 0) is 17.4 Å². The summed E-state index contributed by atoms with van der Waals surface area (Å²) in [5.74, 6) is -0.678. The van der Waals surface area contributed by atoms with Crippen LogP contribution in [0.5, 0.6) is 0 Å². The van der Waals surface area contributed by atoms with Crippen LogP contribution < -0.4 is 16.6 Å². The molecule has 130 valence electrons. The fraction of sp³-hybridized carbons (Fsp3) is 0.600. The molecule has 0 aromatic carbocycles. The molecule has 0 fully saturated rings. The van der Waals surface area contributed by atoms with Gasteiger partial charge in [0.25, 0.3) is 5.56 Å². The van der Waals surface area contributed by atoms with Crippen molar-refractivity contribution in [3.05, 3.63) is 33.7 Å². The molecule has 0 aliphatic rings. The van der Waals surface area contributed by atoms with Crippen molar-refractivity contribution in [3.63, 3.8) is 0 Å². The minimum atomic E-state index is -4.62. The third-order valence-corrected chi connectivity index (χ3v) is 3.47. The summed E-state index contributed by atoms with van der Waals surface area (Å²) in [7, 11) is 1.62. The first-order valence-electron chi connectivity index (χ1n) is 7.34. The SMILES string of the molecule is CNCCc1cn(C(CC(C)C)C(N)=O)c(=O)cc1C(F)(F)F. The zero-order valence-corrected chi connectivity index (χ0v) is 13.4. The Morgan fingerprint density at radius 2 is 2.00 bits per heavy atom. The number of nitrogens with one attached hydrogen (secondary N) is 1. The smallest absolute Gasteiger partial charge is 0.368 e. The first-order valence-corrected chi connectivity index (χ1v) is 7.34. The maximum absolute atomic E-state index is 13.1. The molecule has 1 rings (SSSR count). The molecule has 1 amide bonds. The number of nitrogens with two attached hydrogens (primary N) is 1. The van der Waals surface area contributed by atoms with Crippen LogP contribution in [0.2, 0.25) is 0 Å². The number of aromatic nitrogens is 1. The molecule has 3 N–H and O–H groups in total. The van der Waals surface area contributed by atoms with E-state index in [1.807, 2.05) is 13.8 Å². The number of alkyl halides is 3. The van der Waals surface area contributed by atoms with Crippen molar-refractivity contribution in [2.75, 3.05) is 13.6 Å². The molecule has 0 aliphatic heterocycles. The predicted molar refractivity (Wildman–Crippen MR) is 81.0 cm³/mol. The highest BCUT2D eigenvalue weighted by Crippen LogP contribution is 2.31. The molecule has 1 heterocycles. The Kier molecular flexibility index (Phi) is 6.37. The van der Waals surface area contributed by atoms with Crippen LogP contribution in [0.15, 0.2) is 17.1 Å². The third-order valence-electron chi connectivity index (χ3n) is 3.47. The number of halogens is 3. The second-order valence-electron chi connectivity index (χ2n) is 5.86. The number of primary amides is 1. The predicted octanol–water partition coefficient (Wildman–Crippen LogP) is 1.70. The summed E-state index contributed by atoms with van der Waals surface area (Å²) < 4.78 is 40.3.